The van der Waals surface area contributed by atoms with E-state index in [2.05, 4.69) is 15.5 Å². The summed E-state index contributed by atoms with van der Waals surface area (Å²) in [6.45, 7) is 8.61. The molecular weight excluding hydrogens is 474 g/mol. The van der Waals surface area contributed by atoms with Crippen LogP contribution in [0.3, 0.4) is 0 Å². The third kappa shape index (κ3) is 11.0. The van der Waals surface area contributed by atoms with Crippen molar-refractivity contribution in [3.63, 3.8) is 0 Å². The van der Waals surface area contributed by atoms with E-state index in [1.807, 2.05) is 30.3 Å². The van der Waals surface area contributed by atoms with Gasteiger partial charge in [0.25, 0.3) is 0 Å². The van der Waals surface area contributed by atoms with Crippen LogP contribution in [0.15, 0.2) is 30.3 Å². The Hall–Kier alpha value is -2.81. The van der Waals surface area contributed by atoms with Gasteiger partial charge in [-0.25, -0.2) is 14.4 Å². The number of nitrogens with one attached hydrogen (secondary N) is 2. The fourth-order valence-corrected chi connectivity index (χ4v) is 4.79. The van der Waals surface area contributed by atoms with E-state index in [0.717, 1.165) is 63.7 Å². The van der Waals surface area contributed by atoms with E-state index >= 15 is 0 Å². The van der Waals surface area contributed by atoms with Gasteiger partial charge in [-0.15, -0.1) is 0 Å². The van der Waals surface area contributed by atoms with Crippen LogP contribution in [0, 0.1) is 5.92 Å². The van der Waals surface area contributed by atoms with E-state index in [-0.39, 0.29) is 24.6 Å². The fraction of sp³-hybridized carbons (Fsp3) is 0.679. The van der Waals surface area contributed by atoms with Gasteiger partial charge in [0, 0.05) is 13.1 Å². The molecule has 0 spiro atoms. The second-order valence-corrected chi connectivity index (χ2v) is 11.1. The largest absolute Gasteiger partial charge is 0.461 e. The highest BCUT2D eigenvalue weighted by molar-refractivity contribution is 5.81. The van der Waals surface area contributed by atoms with Gasteiger partial charge >= 0.3 is 18.2 Å². The van der Waals surface area contributed by atoms with Crippen molar-refractivity contribution < 1.29 is 28.6 Å². The number of nitrogens with zero attached hydrogens (tertiary/aromatic N) is 1. The number of ether oxygens (including phenoxy) is 3. The first-order chi connectivity index (χ1) is 17.7. The van der Waals surface area contributed by atoms with Crippen LogP contribution < -0.4 is 10.6 Å². The van der Waals surface area contributed by atoms with E-state index in [4.69, 9.17) is 14.2 Å². The molecule has 0 aromatic heterocycles. The van der Waals surface area contributed by atoms with Gasteiger partial charge in [0.2, 0.25) is 0 Å². The molecule has 1 aliphatic heterocycles. The van der Waals surface area contributed by atoms with Crippen LogP contribution in [0.2, 0.25) is 0 Å². The maximum Gasteiger partial charge on any atom is 0.408 e. The zero-order valence-electron chi connectivity index (χ0n) is 22.5. The van der Waals surface area contributed by atoms with Gasteiger partial charge in [0.15, 0.2) is 0 Å². The summed E-state index contributed by atoms with van der Waals surface area (Å²) in [6, 6.07) is 8.86. The van der Waals surface area contributed by atoms with Gasteiger partial charge in [-0.1, -0.05) is 30.3 Å². The van der Waals surface area contributed by atoms with Gasteiger partial charge in [-0.2, -0.15) is 0 Å². The van der Waals surface area contributed by atoms with Crippen LogP contribution in [0.5, 0.6) is 0 Å². The van der Waals surface area contributed by atoms with Crippen LogP contribution in [0.25, 0.3) is 0 Å². The Balaban J connectivity index is 1.39. The number of alkyl carbamates (subject to hydrolysis) is 2. The second kappa shape index (κ2) is 14.2. The Morgan fingerprint density at radius 2 is 1.68 bits per heavy atom. The lowest BCUT2D eigenvalue weighted by Gasteiger charge is -2.33. The van der Waals surface area contributed by atoms with Crippen LogP contribution in [-0.2, 0) is 25.6 Å². The smallest absolute Gasteiger partial charge is 0.408 e. The summed E-state index contributed by atoms with van der Waals surface area (Å²) in [5.41, 5.74) is 0.309. The lowest BCUT2D eigenvalue weighted by atomic mass is 9.90. The minimum atomic E-state index is -0.715. The van der Waals surface area contributed by atoms with Crippen molar-refractivity contribution >= 4 is 18.2 Å². The first-order valence-corrected chi connectivity index (χ1v) is 13.5. The maximum absolute atomic E-state index is 12.9. The normalized spacial score (nSPS) is 18.1. The molecule has 3 rings (SSSR count). The lowest BCUT2D eigenvalue weighted by Crippen LogP contribution is -2.47. The molecule has 1 aromatic carbocycles. The maximum atomic E-state index is 12.9. The Bertz CT molecular complexity index is 858. The molecule has 0 unspecified atom stereocenters. The summed E-state index contributed by atoms with van der Waals surface area (Å²) >= 11 is 0. The molecule has 1 heterocycles. The van der Waals surface area contributed by atoms with Crippen LogP contribution in [0.1, 0.15) is 71.3 Å². The minimum Gasteiger partial charge on any atom is -0.461 e. The topological polar surface area (TPSA) is 106 Å². The van der Waals surface area contributed by atoms with Crippen LogP contribution in [0.4, 0.5) is 9.59 Å². The number of amides is 2. The number of likely N-dealkylation sites (tertiary alicyclic amines) is 1. The van der Waals surface area contributed by atoms with Crippen LogP contribution >= 0.6 is 0 Å². The molecule has 1 atom stereocenters. The standard InChI is InChI=1S/C28H43N3O6/c1-28(2,3)37-27(34)30-24(25(32)36-23-11-7-8-12-23)19-21-13-16-31(17-14-21)18-15-29-26(33)35-20-22-9-5-4-6-10-22/h4-6,9-10,21,23-24H,7-8,11-20H2,1-3H3,(H,29,33)(H,30,34)/t24-/m0/s1. The molecule has 206 valence electrons. The molecule has 1 saturated heterocycles. The molecule has 2 aliphatic rings. The van der Waals surface area contributed by atoms with Crippen LogP contribution in [-0.4, -0.2) is 67.0 Å². The molecule has 1 aliphatic carbocycles. The Morgan fingerprint density at radius 3 is 2.32 bits per heavy atom. The van der Waals surface area contributed by atoms with Gasteiger partial charge in [-0.05, 0) is 90.3 Å². The van der Waals surface area contributed by atoms with Gasteiger partial charge < -0.3 is 29.7 Å². The van der Waals surface area contributed by atoms with Gasteiger partial charge in [0.1, 0.15) is 24.4 Å². The molecule has 1 aromatic rings. The molecule has 0 radical (unpaired) electrons. The third-order valence-electron chi connectivity index (χ3n) is 6.75. The number of piperidine rings is 1. The Morgan fingerprint density at radius 1 is 1.00 bits per heavy atom. The second-order valence-electron chi connectivity index (χ2n) is 11.1. The number of hydrogen-bond acceptors (Lipinski definition) is 7. The number of carbonyl (C=O) groups is 3. The predicted molar refractivity (Wildman–Crippen MR) is 140 cm³/mol. The number of carbonyl (C=O) groups excluding carboxylic acids is 3. The molecule has 37 heavy (non-hydrogen) atoms. The monoisotopic (exact) mass is 517 g/mol. The van der Waals surface area contributed by atoms with Crippen molar-refractivity contribution in [1.82, 2.24) is 15.5 Å². The number of rotatable bonds is 10. The SMILES string of the molecule is CC(C)(C)OC(=O)N[C@@H](CC1CCN(CCNC(=O)OCc2ccccc2)CC1)C(=O)OC1CCCC1. The molecule has 0 bridgehead atoms. The summed E-state index contributed by atoms with van der Waals surface area (Å²) < 4.78 is 16.4. The van der Waals surface area contributed by atoms with E-state index in [1.165, 1.54) is 0 Å². The molecule has 2 amide bonds. The van der Waals surface area contributed by atoms with Crippen molar-refractivity contribution in [2.75, 3.05) is 26.2 Å². The highest BCUT2D eigenvalue weighted by Crippen LogP contribution is 2.25. The quantitative estimate of drug-likeness (QED) is 0.350. The summed E-state index contributed by atoms with van der Waals surface area (Å²) in [5, 5.41) is 5.57. The summed E-state index contributed by atoms with van der Waals surface area (Å²) in [7, 11) is 0. The number of hydrogen-bond donors (Lipinski definition) is 2. The van der Waals surface area contributed by atoms with Crippen molar-refractivity contribution in [3.8, 4) is 0 Å². The lowest BCUT2D eigenvalue weighted by molar-refractivity contribution is -0.152. The van der Waals surface area contributed by atoms with E-state index in [1.54, 1.807) is 20.8 Å². The summed E-state index contributed by atoms with van der Waals surface area (Å²) in [5.74, 6) is -0.0745. The average molecular weight is 518 g/mol. The molecule has 9 heteroatoms. The van der Waals surface area contributed by atoms with Crippen molar-refractivity contribution in [1.29, 1.82) is 0 Å². The molecule has 9 nitrogen and oxygen atoms in total. The number of esters is 1. The Labute approximate surface area is 220 Å². The van der Waals surface area contributed by atoms with E-state index in [0.29, 0.717) is 13.0 Å². The van der Waals surface area contributed by atoms with Crippen molar-refractivity contribution in [2.24, 2.45) is 5.92 Å². The summed E-state index contributed by atoms with van der Waals surface area (Å²) in [6.07, 6.45) is 5.18. The van der Waals surface area contributed by atoms with E-state index in [9.17, 15) is 14.4 Å². The zero-order chi connectivity index (χ0) is 26.7. The highest BCUT2D eigenvalue weighted by Gasteiger charge is 2.32. The predicted octanol–water partition coefficient (Wildman–Crippen LogP) is 4.39. The molecular formula is C28H43N3O6. The fourth-order valence-electron chi connectivity index (χ4n) is 4.79. The highest BCUT2D eigenvalue weighted by atomic mass is 16.6. The van der Waals surface area contributed by atoms with Crippen molar-refractivity contribution in [3.05, 3.63) is 35.9 Å². The summed E-state index contributed by atoms with van der Waals surface area (Å²) in [4.78, 5) is 39.6. The first kappa shape index (κ1) is 28.8. The van der Waals surface area contributed by atoms with Gasteiger partial charge in [0.05, 0.1) is 0 Å². The van der Waals surface area contributed by atoms with Crippen molar-refractivity contribution in [2.45, 2.75) is 90.1 Å². The van der Waals surface area contributed by atoms with Gasteiger partial charge in [-0.3, -0.25) is 0 Å². The zero-order valence-corrected chi connectivity index (χ0v) is 22.5. The molecule has 1 saturated carbocycles. The molecule has 2 fully saturated rings. The molecule has 2 N–H and O–H groups in total. The van der Waals surface area contributed by atoms with E-state index < -0.39 is 23.8 Å². The Kier molecular flexibility index (Phi) is 11.0. The first-order valence-electron chi connectivity index (χ1n) is 13.5. The minimum absolute atomic E-state index is 0.0517. The third-order valence-corrected chi connectivity index (χ3v) is 6.75. The average Bonchev–Trinajstić information content (AvgIpc) is 3.36. The number of benzene rings is 1.